The van der Waals surface area contributed by atoms with E-state index in [1.807, 2.05) is 121 Å². The van der Waals surface area contributed by atoms with Gasteiger partial charge in [-0.3, -0.25) is 9.59 Å². The maximum absolute atomic E-state index is 14.1. The van der Waals surface area contributed by atoms with Gasteiger partial charge in [0.1, 0.15) is 12.7 Å². The summed E-state index contributed by atoms with van der Waals surface area (Å²) in [5.41, 5.74) is 3.44. The van der Waals surface area contributed by atoms with Gasteiger partial charge in [0.15, 0.2) is 0 Å². The van der Waals surface area contributed by atoms with Crippen LogP contribution in [0.1, 0.15) is 23.7 Å². The van der Waals surface area contributed by atoms with E-state index in [2.05, 4.69) is 15.6 Å². The lowest BCUT2D eigenvalue weighted by Gasteiger charge is -2.47. The third-order valence-corrected chi connectivity index (χ3v) is 8.17. The highest BCUT2D eigenvalue weighted by atomic mass is 16.2. The average molecular weight is 617 g/mol. The number of hydrazine groups is 1. The standard InChI is InChI=1S/C35H36N8O3/c1-2-41(22-30-23-42(38-37-30)31-17-7-4-8-18-31)43(35(46)36-20-27-12-5-3-6-13-27)33-24-39(34(45)25-40(33)26-44)21-29-16-11-15-28-14-9-10-19-32(28)29/h3-19,23,26,33H,2,20-22,24-25H2,1H3,(H,36,46). The molecule has 11 nitrogen and oxygen atoms in total. The number of rotatable bonds is 11. The minimum Gasteiger partial charge on any atom is -0.333 e. The maximum Gasteiger partial charge on any atom is 0.334 e. The summed E-state index contributed by atoms with van der Waals surface area (Å²) in [6.07, 6.45) is 1.71. The lowest BCUT2D eigenvalue weighted by molar-refractivity contribution is -0.158. The Balaban J connectivity index is 1.30. The quantitative estimate of drug-likeness (QED) is 0.176. The van der Waals surface area contributed by atoms with Crippen LogP contribution in [-0.4, -0.2) is 79.0 Å². The molecule has 5 aromatic rings. The molecule has 6 rings (SSSR count). The molecule has 1 fully saturated rings. The van der Waals surface area contributed by atoms with Crippen LogP contribution < -0.4 is 5.32 Å². The van der Waals surface area contributed by atoms with Crippen molar-refractivity contribution in [2.75, 3.05) is 19.6 Å². The molecular formula is C35H36N8O3. The Bertz CT molecular complexity index is 1790. The summed E-state index contributed by atoms with van der Waals surface area (Å²) in [5.74, 6) is -0.185. The number of fused-ring (bicyclic) bond motifs is 1. The second-order valence-corrected chi connectivity index (χ2v) is 11.1. The highest BCUT2D eigenvalue weighted by Gasteiger charge is 2.40. The number of nitrogens with zero attached hydrogens (tertiary/aromatic N) is 7. The Labute approximate surface area is 267 Å². The molecule has 2 heterocycles. The van der Waals surface area contributed by atoms with Crippen molar-refractivity contribution in [3.63, 3.8) is 0 Å². The topological polar surface area (TPSA) is 107 Å². The first kappa shape index (κ1) is 30.5. The molecule has 1 aliphatic heterocycles. The van der Waals surface area contributed by atoms with Crippen molar-refractivity contribution in [1.29, 1.82) is 0 Å². The Hall–Kier alpha value is -5.55. The normalized spacial score (nSPS) is 14.9. The molecule has 1 unspecified atom stereocenters. The highest BCUT2D eigenvalue weighted by Crippen LogP contribution is 2.24. The molecule has 0 spiro atoms. The van der Waals surface area contributed by atoms with E-state index in [0.29, 0.717) is 31.7 Å². The second kappa shape index (κ2) is 14.0. The number of piperazine rings is 1. The molecule has 1 aromatic heterocycles. The average Bonchev–Trinajstić information content (AvgIpc) is 3.57. The van der Waals surface area contributed by atoms with Crippen LogP contribution in [0.4, 0.5) is 4.79 Å². The summed E-state index contributed by atoms with van der Waals surface area (Å²) >= 11 is 0. The molecule has 0 bridgehead atoms. The van der Waals surface area contributed by atoms with E-state index in [0.717, 1.165) is 27.6 Å². The Kier molecular flexibility index (Phi) is 9.30. The van der Waals surface area contributed by atoms with Gasteiger partial charge in [-0.1, -0.05) is 103 Å². The van der Waals surface area contributed by atoms with Gasteiger partial charge in [0, 0.05) is 19.6 Å². The van der Waals surface area contributed by atoms with Gasteiger partial charge in [0.25, 0.3) is 0 Å². The Morgan fingerprint density at radius 3 is 2.43 bits per heavy atom. The summed E-state index contributed by atoms with van der Waals surface area (Å²) in [5, 5.41) is 17.2. The molecule has 1 aliphatic rings. The predicted octanol–water partition coefficient (Wildman–Crippen LogP) is 4.20. The van der Waals surface area contributed by atoms with Gasteiger partial charge >= 0.3 is 6.03 Å². The zero-order valence-corrected chi connectivity index (χ0v) is 25.6. The van der Waals surface area contributed by atoms with Gasteiger partial charge in [0.05, 0.1) is 30.7 Å². The lowest BCUT2D eigenvalue weighted by Crippen LogP contribution is -2.67. The van der Waals surface area contributed by atoms with Crippen LogP contribution in [0, 0.1) is 0 Å². The number of aromatic nitrogens is 3. The zero-order chi connectivity index (χ0) is 31.9. The number of nitrogens with one attached hydrogen (secondary N) is 1. The van der Waals surface area contributed by atoms with E-state index in [1.54, 1.807) is 14.6 Å². The fraction of sp³-hybridized carbons (Fsp3) is 0.229. The number of hydrogen-bond acceptors (Lipinski definition) is 6. The number of hydrogen-bond donors (Lipinski definition) is 1. The molecule has 1 N–H and O–H groups in total. The molecule has 4 aromatic carbocycles. The molecule has 1 atom stereocenters. The van der Waals surface area contributed by atoms with Crippen LogP contribution in [-0.2, 0) is 29.2 Å². The van der Waals surface area contributed by atoms with Gasteiger partial charge in [-0.15, -0.1) is 5.10 Å². The van der Waals surface area contributed by atoms with Crippen LogP contribution in [0.5, 0.6) is 0 Å². The third kappa shape index (κ3) is 6.74. The van der Waals surface area contributed by atoms with Crippen molar-refractivity contribution in [2.45, 2.75) is 32.7 Å². The van der Waals surface area contributed by atoms with E-state index >= 15 is 0 Å². The number of carbonyl (C=O) groups is 3. The van der Waals surface area contributed by atoms with Crippen molar-refractivity contribution in [1.82, 2.24) is 40.1 Å². The Morgan fingerprint density at radius 1 is 0.957 bits per heavy atom. The van der Waals surface area contributed by atoms with E-state index in [1.165, 1.54) is 4.90 Å². The number of amides is 4. The summed E-state index contributed by atoms with van der Waals surface area (Å²) < 4.78 is 1.69. The van der Waals surface area contributed by atoms with E-state index < -0.39 is 12.2 Å². The molecule has 0 aliphatic carbocycles. The first-order valence-corrected chi connectivity index (χ1v) is 15.3. The van der Waals surface area contributed by atoms with Gasteiger partial charge in [-0.2, -0.15) is 0 Å². The van der Waals surface area contributed by atoms with Crippen LogP contribution in [0.25, 0.3) is 16.5 Å². The minimum atomic E-state index is -0.759. The molecule has 4 amide bonds. The van der Waals surface area contributed by atoms with Gasteiger partial charge in [-0.25, -0.2) is 19.5 Å². The predicted molar refractivity (Wildman–Crippen MR) is 174 cm³/mol. The van der Waals surface area contributed by atoms with Crippen LogP contribution in [0.3, 0.4) is 0 Å². The van der Waals surface area contributed by atoms with Gasteiger partial charge in [-0.05, 0) is 34.0 Å². The van der Waals surface area contributed by atoms with E-state index in [9.17, 15) is 14.4 Å². The molecule has 234 valence electrons. The van der Waals surface area contributed by atoms with Gasteiger partial charge in [0.2, 0.25) is 12.3 Å². The van der Waals surface area contributed by atoms with Crippen molar-refractivity contribution >= 4 is 29.1 Å². The zero-order valence-electron chi connectivity index (χ0n) is 25.6. The molecule has 0 saturated carbocycles. The fourth-order valence-electron chi connectivity index (χ4n) is 5.79. The van der Waals surface area contributed by atoms with Crippen molar-refractivity contribution in [2.24, 2.45) is 0 Å². The molecular weight excluding hydrogens is 580 g/mol. The van der Waals surface area contributed by atoms with Gasteiger partial charge < -0.3 is 15.1 Å². The summed E-state index contributed by atoms with van der Waals surface area (Å²) in [6, 6.07) is 33.0. The minimum absolute atomic E-state index is 0.132. The monoisotopic (exact) mass is 616 g/mol. The van der Waals surface area contributed by atoms with E-state index in [4.69, 9.17) is 0 Å². The first-order valence-electron chi connectivity index (χ1n) is 15.3. The highest BCUT2D eigenvalue weighted by molar-refractivity contribution is 5.87. The van der Waals surface area contributed by atoms with Crippen LogP contribution in [0.15, 0.2) is 109 Å². The maximum atomic E-state index is 14.1. The number of benzene rings is 4. The molecule has 46 heavy (non-hydrogen) atoms. The number of urea groups is 1. The molecule has 11 heteroatoms. The summed E-state index contributed by atoms with van der Waals surface area (Å²) in [6.45, 7) is 3.24. The lowest BCUT2D eigenvalue weighted by atomic mass is 10.0. The summed E-state index contributed by atoms with van der Waals surface area (Å²) in [7, 11) is 0. The number of carbonyl (C=O) groups excluding carboxylic acids is 3. The molecule has 0 radical (unpaired) electrons. The molecule has 1 saturated heterocycles. The first-order chi connectivity index (χ1) is 22.5. The smallest absolute Gasteiger partial charge is 0.333 e. The van der Waals surface area contributed by atoms with Crippen molar-refractivity contribution < 1.29 is 14.4 Å². The fourth-order valence-corrected chi connectivity index (χ4v) is 5.79. The number of para-hydroxylation sites is 1. The van der Waals surface area contributed by atoms with Crippen molar-refractivity contribution in [3.8, 4) is 5.69 Å². The van der Waals surface area contributed by atoms with Crippen molar-refractivity contribution in [3.05, 3.63) is 126 Å². The third-order valence-electron chi connectivity index (χ3n) is 8.17. The Morgan fingerprint density at radius 2 is 1.67 bits per heavy atom. The van der Waals surface area contributed by atoms with Crippen LogP contribution in [0.2, 0.25) is 0 Å². The SMILES string of the molecule is CCN(Cc1cn(-c2ccccc2)nn1)N(C(=O)NCc1ccccc1)C1CN(Cc2cccc3ccccc23)C(=O)CN1C=O. The summed E-state index contributed by atoms with van der Waals surface area (Å²) in [4.78, 5) is 43.1. The van der Waals surface area contributed by atoms with E-state index in [-0.39, 0.29) is 25.5 Å². The van der Waals surface area contributed by atoms with Crippen LogP contribution >= 0.6 is 0 Å². The largest absolute Gasteiger partial charge is 0.334 e. The second-order valence-electron chi connectivity index (χ2n) is 11.1.